The van der Waals surface area contributed by atoms with Gasteiger partial charge in [-0.3, -0.25) is 14.9 Å². The third kappa shape index (κ3) is 3.90. The van der Waals surface area contributed by atoms with Crippen LogP contribution in [0.1, 0.15) is 27.6 Å². The Morgan fingerprint density at radius 1 is 0.923 bits per heavy atom. The number of Topliss-reactive ketones (excluding diaryl/α,β-unsaturated/α-hetero) is 1. The lowest BCUT2D eigenvalue weighted by Crippen LogP contribution is -2.34. The molecule has 26 heavy (non-hydrogen) atoms. The van der Waals surface area contributed by atoms with Crippen molar-refractivity contribution in [1.29, 1.82) is 0 Å². The molecular weight excluding hydrogens is 368 g/mol. The first-order valence-corrected chi connectivity index (χ1v) is 8.65. The standard InChI is InChI=1S/C20H15ClN2O2S/c1-12(24)13-8-10-14(11-9-13)22-20(26)23-19(25)17-6-2-5-16-15(17)4-3-7-18(16)21/h2-11H,1H3,(H2,22,23,25,26). The van der Waals surface area contributed by atoms with Gasteiger partial charge in [-0.25, -0.2) is 0 Å². The van der Waals surface area contributed by atoms with Crippen LogP contribution in [-0.4, -0.2) is 16.8 Å². The average Bonchev–Trinajstić information content (AvgIpc) is 2.62. The summed E-state index contributed by atoms with van der Waals surface area (Å²) in [4.78, 5) is 23.9. The Kier molecular flexibility index (Phi) is 5.30. The van der Waals surface area contributed by atoms with Gasteiger partial charge in [-0.2, -0.15) is 0 Å². The summed E-state index contributed by atoms with van der Waals surface area (Å²) in [5.41, 5.74) is 1.78. The molecule has 0 saturated carbocycles. The fraction of sp³-hybridized carbons (Fsp3) is 0.0500. The largest absolute Gasteiger partial charge is 0.332 e. The summed E-state index contributed by atoms with van der Waals surface area (Å²) < 4.78 is 0. The predicted molar refractivity (Wildman–Crippen MR) is 109 cm³/mol. The lowest BCUT2D eigenvalue weighted by molar-refractivity contribution is 0.0977. The second kappa shape index (κ2) is 7.64. The van der Waals surface area contributed by atoms with Gasteiger partial charge in [-0.05, 0) is 60.9 Å². The molecule has 0 aromatic heterocycles. The van der Waals surface area contributed by atoms with E-state index < -0.39 is 0 Å². The van der Waals surface area contributed by atoms with Crippen LogP contribution < -0.4 is 10.6 Å². The van der Waals surface area contributed by atoms with Crippen molar-refractivity contribution in [3.05, 3.63) is 76.8 Å². The normalized spacial score (nSPS) is 10.4. The number of halogens is 1. The molecule has 3 rings (SSSR count). The molecule has 0 atom stereocenters. The summed E-state index contributed by atoms with van der Waals surface area (Å²) in [5, 5.41) is 7.91. The maximum atomic E-state index is 12.6. The molecular formula is C20H15ClN2O2S. The highest BCUT2D eigenvalue weighted by atomic mass is 35.5. The van der Waals surface area contributed by atoms with Gasteiger partial charge < -0.3 is 5.32 Å². The number of nitrogens with one attached hydrogen (secondary N) is 2. The minimum absolute atomic E-state index is 0.0120. The zero-order chi connectivity index (χ0) is 18.7. The minimum atomic E-state index is -0.323. The van der Waals surface area contributed by atoms with Crippen LogP contribution in [-0.2, 0) is 0 Å². The molecule has 0 spiro atoms. The average molecular weight is 383 g/mol. The van der Waals surface area contributed by atoms with Crippen molar-refractivity contribution in [2.45, 2.75) is 6.92 Å². The second-order valence-electron chi connectivity index (χ2n) is 5.68. The van der Waals surface area contributed by atoms with Gasteiger partial charge >= 0.3 is 0 Å². The molecule has 0 aliphatic carbocycles. The van der Waals surface area contributed by atoms with Crippen molar-refractivity contribution >= 4 is 57.1 Å². The number of amides is 1. The summed E-state index contributed by atoms with van der Waals surface area (Å²) in [5.74, 6) is -0.335. The van der Waals surface area contributed by atoms with Crippen molar-refractivity contribution in [2.24, 2.45) is 0 Å². The first-order valence-electron chi connectivity index (χ1n) is 7.86. The van der Waals surface area contributed by atoms with E-state index in [1.54, 1.807) is 48.5 Å². The number of carbonyl (C=O) groups excluding carboxylic acids is 2. The molecule has 0 heterocycles. The molecule has 0 fully saturated rings. The van der Waals surface area contributed by atoms with Crippen molar-refractivity contribution in [3.63, 3.8) is 0 Å². The van der Waals surface area contributed by atoms with Gasteiger partial charge in [0.25, 0.3) is 5.91 Å². The number of anilines is 1. The van der Waals surface area contributed by atoms with Crippen molar-refractivity contribution in [1.82, 2.24) is 5.32 Å². The molecule has 3 aromatic rings. The summed E-state index contributed by atoms with van der Waals surface area (Å²) in [6.07, 6.45) is 0. The van der Waals surface area contributed by atoms with Gasteiger partial charge in [0.15, 0.2) is 10.9 Å². The molecule has 0 unspecified atom stereocenters. The molecule has 130 valence electrons. The maximum absolute atomic E-state index is 12.6. The van der Waals surface area contributed by atoms with E-state index in [4.69, 9.17) is 23.8 Å². The van der Waals surface area contributed by atoms with Gasteiger partial charge in [0.1, 0.15) is 0 Å². The minimum Gasteiger partial charge on any atom is -0.332 e. The van der Waals surface area contributed by atoms with Crippen molar-refractivity contribution in [3.8, 4) is 0 Å². The maximum Gasteiger partial charge on any atom is 0.258 e. The zero-order valence-electron chi connectivity index (χ0n) is 13.9. The highest BCUT2D eigenvalue weighted by Crippen LogP contribution is 2.25. The molecule has 1 amide bonds. The molecule has 0 aliphatic heterocycles. The number of benzene rings is 3. The van der Waals surface area contributed by atoms with Crippen LogP contribution in [0.25, 0.3) is 10.8 Å². The Morgan fingerprint density at radius 3 is 2.27 bits per heavy atom. The van der Waals surface area contributed by atoms with Crippen LogP contribution in [0.3, 0.4) is 0 Å². The highest BCUT2D eigenvalue weighted by molar-refractivity contribution is 7.80. The number of ketones is 1. The fourth-order valence-corrected chi connectivity index (χ4v) is 3.04. The third-order valence-electron chi connectivity index (χ3n) is 3.89. The summed E-state index contributed by atoms with van der Waals surface area (Å²) in [6, 6.07) is 17.6. The first kappa shape index (κ1) is 18.0. The zero-order valence-corrected chi connectivity index (χ0v) is 15.4. The Labute approximate surface area is 161 Å². The fourth-order valence-electron chi connectivity index (χ4n) is 2.59. The van der Waals surface area contributed by atoms with E-state index in [-0.39, 0.29) is 16.8 Å². The molecule has 0 saturated heterocycles. The topological polar surface area (TPSA) is 58.2 Å². The Bertz CT molecular complexity index is 1020. The number of thiocarbonyl (C=S) groups is 1. The van der Waals surface area contributed by atoms with Crippen LogP contribution in [0.15, 0.2) is 60.7 Å². The van der Waals surface area contributed by atoms with Crippen LogP contribution >= 0.6 is 23.8 Å². The molecule has 4 nitrogen and oxygen atoms in total. The van der Waals surface area contributed by atoms with E-state index in [0.29, 0.717) is 21.8 Å². The van der Waals surface area contributed by atoms with E-state index in [1.807, 2.05) is 12.1 Å². The Morgan fingerprint density at radius 2 is 1.58 bits per heavy atom. The van der Waals surface area contributed by atoms with Gasteiger partial charge in [0, 0.05) is 27.2 Å². The van der Waals surface area contributed by atoms with E-state index in [1.165, 1.54) is 6.92 Å². The predicted octanol–water partition coefficient (Wildman–Crippen LogP) is 4.82. The SMILES string of the molecule is CC(=O)c1ccc(NC(=S)NC(=O)c2cccc3c(Cl)cccc23)cc1. The molecule has 2 N–H and O–H groups in total. The van der Waals surface area contributed by atoms with Crippen molar-refractivity contribution in [2.75, 3.05) is 5.32 Å². The van der Waals surface area contributed by atoms with Crippen LogP contribution in [0.4, 0.5) is 5.69 Å². The summed E-state index contributed by atoms with van der Waals surface area (Å²) in [7, 11) is 0. The van der Waals surface area contributed by atoms with E-state index >= 15 is 0 Å². The first-order chi connectivity index (χ1) is 12.5. The summed E-state index contributed by atoms with van der Waals surface area (Å²) >= 11 is 11.4. The highest BCUT2D eigenvalue weighted by Gasteiger charge is 2.12. The monoisotopic (exact) mass is 382 g/mol. The van der Waals surface area contributed by atoms with E-state index in [9.17, 15) is 9.59 Å². The lowest BCUT2D eigenvalue weighted by atomic mass is 10.0. The number of fused-ring (bicyclic) bond motifs is 1. The number of carbonyl (C=O) groups is 2. The Hall–Kier alpha value is -2.76. The van der Waals surface area contributed by atoms with Crippen LogP contribution in [0.2, 0.25) is 5.02 Å². The van der Waals surface area contributed by atoms with E-state index in [2.05, 4.69) is 10.6 Å². The number of hydrogen-bond donors (Lipinski definition) is 2. The molecule has 6 heteroatoms. The van der Waals surface area contributed by atoms with Gasteiger partial charge in [0.05, 0.1) is 0 Å². The third-order valence-corrected chi connectivity index (χ3v) is 4.42. The van der Waals surface area contributed by atoms with Gasteiger partial charge in [-0.15, -0.1) is 0 Å². The van der Waals surface area contributed by atoms with Crippen LogP contribution in [0, 0.1) is 0 Å². The number of hydrogen-bond acceptors (Lipinski definition) is 3. The summed E-state index contributed by atoms with van der Waals surface area (Å²) in [6.45, 7) is 1.50. The van der Waals surface area contributed by atoms with Crippen molar-refractivity contribution < 1.29 is 9.59 Å². The smallest absolute Gasteiger partial charge is 0.258 e. The van der Waals surface area contributed by atoms with Gasteiger partial charge in [-0.1, -0.05) is 35.9 Å². The Balaban J connectivity index is 1.75. The molecule has 0 bridgehead atoms. The molecule has 0 aliphatic rings. The quantitative estimate of drug-likeness (QED) is 0.503. The van der Waals surface area contributed by atoms with Gasteiger partial charge in [0.2, 0.25) is 0 Å². The van der Waals surface area contributed by atoms with Crippen LogP contribution in [0.5, 0.6) is 0 Å². The lowest BCUT2D eigenvalue weighted by Gasteiger charge is -2.11. The number of rotatable bonds is 3. The second-order valence-corrected chi connectivity index (χ2v) is 6.50. The molecule has 0 radical (unpaired) electrons. The van der Waals surface area contributed by atoms with E-state index in [0.717, 1.165) is 10.8 Å². The molecule has 3 aromatic carbocycles.